The predicted octanol–water partition coefficient (Wildman–Crippen LogP) is 1.09. The topological polar surface area (TPSA) is 81.8 Å². The first-order valence-corrected chi connectivity index (χ1v) is 5.40. The van der Waals surface area contributed by atoms with E-state index in [4.69, 9.17) is 20.3 Å². The number of thiol groups is 1. The summed E-state index contributed by atoms with van der Waals surface area (Å²) in [5.74, 6) is 0.0266. The molecular formula is C11H15NO4S. The van der Waals surface area contributed by atoms with Crippen molar-refractivity contribution < 1.29 is 19.4 Å². The first kappa shape index (κ1) is 13.7. The summed E-state index contributed by atoms with van der Waals surface area (Å²) < 4.78 is 10.2. The maximum atomic E-state index is 10.8. The van der Waals surface area contributed by atoms with Crippen LogP contribution in [-0.4, -0.2) is 31.3 Å². The van der Waals surface area contributed by atoms with E-state index in [0.29, 0.717) is 17.1 Å². The molecule has 0 saturated heterocycles. The van der Waals surface area contributed by atoms with E-state index in [1.165, 1.54) is 14.2 Å². The van der Waals surface area contributed by atoms with Gasteiger partial charge in [-0.15, -0.1) is 0 Å². The molecule has 0 aliphatic heterocycles. The summed E-state index contributed by atoms with van der Waals surface area (Å²) in [5, 5.41) is 8.20. The zero-order chi connectivity index (χ0) is 13.0. The minimum Gasteiger partial charge on any atom is -0.497 e. The molecule has 1 aromatic carbocycles. The van der Waals surface area contributed by atoms with Gasteiger partial charge < -0.3 is 20.3 Å². The molecule has 0 bridgehead atoms. The fourth-order valence-corrected chi connectivity index (χ4v) is 1.62. The number of carbonyl (C=O) groups is 1. The molecule has 0 radical (unpaired) electrons. The van der Waals surface area contributed by atoms with Crippen LogP contribution >= 0.6 is 12.6 Å². The van der Waals surface area contributed by atoms with E-state index >= 15 is 0 Å². The number of carboxylic acids is 1. The lowest BCUT2D eigenvalue weighted by molar-refractivity contribution is -0.138. The summed E-state index contributed by atoms with van der Waals surface area (Å²) in [6, 6.07) is 3.97. The van der Waals surface area contributed by atoms with Crippen LogP contribution in [-0.2, 0) is 4.79 Å². The lowest BCUT2D eigenvalue weighted by Crippen LogP contribution is -2.34. The van der Waals surface area contributed by atoms with Gasteiger partial charge >= 0.3 is 5.97 Å². The van der Waals surface area contributed by atoms with Crippen LogP contribution in [0.2, 0.25) is 0 Å². The Hall–Kier alpha value is -1.40. The molecule has 3 N–H and O–H groups in total. The van der Waals surface area contributed by atoms with Crippen molar-refractivity contribution in [2.75, 3.05) is 14.2 Å². The van der Waals surface area contributed by atoms with E-state index in [1.807, 2.05) is 0 Å². The SMILES string of the molecule is COc1cc(OC)cc(C(S)C(N)C(=O)O)c1. The van der Waals surface area contributed by atoms with Gasteiger partial charge in [0, 0.05) is 6.07 Å². The highest BCUT2D eigenvalue weighted by Gasteiger charge is 2.23. The Balaban J connectivity index is 3.07. The molecule has 0 aromatic heterocycles. The Bertz CT molecular complexity index is 388. The standard InChI is InChI=1S/C11H15NO4S/c1-15-7-3-6(4-8(5-7)16-2)10(17)9(12)11(13)14/h3-5,9-10,17H,12H2,1-2H3,(H,13,14). The van der Waals surface area contributed by atoms with Crippen molar-refractivity contribution in [2.24, 2.45) is 5.73 Å². The van der Waals surface area contributed by atoms with E-state index in [2.05, 4.69) is 12.6 Å². The molecule has 6 heteroatoms. The molecule has 0 amide bonds. The molecule has 17 heavy (non-hydrogen) atoms. The van der Waals surface area contributed by atoms with Crippen molar-refractivity contribution in [3.05, 3.63) is 23.8 Å². The van der Waals surface area contributed by atoms with Crippen LogP contribution in [0.3, 0.4) is 0 Å². The molecule has 0 heterocycles. The van der Waals surface area contributed by atoms with Crippen molar-refractivity contribution >= 4 is 18.6 Å². The van der Waals surface area contributed by atoms with Crippen LogP contribution in [0.25, 0.3) is 0 Å². The number of hydrogen-bond donors (Lipinski definition) is 3. The van der Waals surface area contributed by atoms with Gasteiger partial charge in [0.2, 0.25) is 0 Å². The van der Waals surface area contributed by atoms with E-state index in [1.54, 1.807) is 18.2 Å². The fraction of sp³-hybridized carbons (Fsp3) is 0.364. The second kappa shape index (κ2) is 5.79. The molecule has 0 spiro atoms. The van der Waals surface area contributed by atoms with Gasteiger partial charge in [0.25, 0.3) is 0 Å². The molecule has 0 fully saturated rings. The largest absolute Gasteiger partial charge is 0.497 e. The van der Waals surface area contributed by atoms with Crippen molar-refractivity contribution in [1.29, 1.82) is 0 Å². The molecule has 94 valence electrons. The molecule has 5 nitrogen and oxygen atoms in total. The first-order valence-electron chi connectivity index (χ1n) is 4.89. The average Bonchev–Trinajstić information content (AvgIpc) is 2.35. The lowest BCUT2D eigenvalue weighted by Gasteiger charge is -2.17. The molecule has 2 unspecified atom stereocenters. The lowest BCUT2D eigenvalue weighted by atomic mass is 10.1. The van der Waals surface area contributed by atoms with Crippen molar-refractivity contribution in [3.63, 3.8) is 0 Å². The third-order valence-electron chi connectivity index (χ3n) is 2.34. The van der Waals surface area contributed by atoms with Gasteiger partial charge in [-0.25, -0.2) is 0 Å². The van der Waals surface area contributed by atoms with Crippen LogP contribution < -0.4 is 15.2 Å². The number of rotatable bonds is 5. The van der Waals surface area contributed by atoms with Gasteiger partial charge in [-0.2, -0.15) is 12.6 Å². The fourth-order valence-electron chi connectivity index (χ4n) is 1.34. The Morgan fingerprint density at radius 3 is 2.12 bits per heavy atom. The Morgan fingerprint density at radius 1 is 1.29 bits per heavy atom. The normalized spacial score (nSPS) is 13.9. The highest BCUT2D eigenvalue weighted by atomic mass is 32.1. The third-order valence-corrected chi connectivity index (χ3v) is 2.96. The molecule has 0 saturated carbocycles. The molecule has 1 aromatic rings. The highest BCUT2D eigenvalue weighted by molar-refractivity contribution is 7.80. The van der Waals surface area contributed by atoms with Crippen LogP contribution in [0.5, 0.6) is 11.5 Å². The smallest absolute Gasteiger partial charge is 0.321 e. The van der Waals surface area contributed by atoms with Crippen molar-refractivity contribution in [1.82, 2.24) is 0 Å². The van der Waals surface area contributed by atoms with Crippen LogP contribution in [0.1, 0.15) is 10.8 Å². The van der Waals surface area contributed by atoms with Gasteiger partial charge in [0.15, 0.2) is 0 Å². The zero-order valence-corrected chi connectivity index (χ0v) is 10.5. The average molecular weight is 257 g/mol. The number of aliphatic carboxylic acids is 1. The summed E-state index contributed by atoms with van der Waals surface area (Å²) in [4.78, 5) is 10.8. The zero-order valence-electron chi connectivity index (χ0n) is 9.58. The van der Waals surface area contributed by atoms with Crippen molar-refractivity contribution in [3.8, 4) is 11.5 Å². The van der Waals surface area contributed by atoms with E-state index in [-0.39, 0.29) is 0 Å². The number of benzene rings is 1. The summed E-state index contributed by atoms with van der Waals surface area (Å²) in [5.41, 5.74) is 6.16. The number of nitrogens with two attached hydrogens (primary N) is 1. The van der Waals surface area contributed by atoms with Gasteiger partial charge in [-0.1, -0.05) is 0 Å². The van der Waals surface area contributed by atoms with E-state index in [0.717, 1.165) is 0 Å². The Labute approximate surface area is 105 Å². The number of carboxylic acid groups (broad SMARTS) is 1. The number of ether oxygens (including phenoxy) is 2. The quantitative estimate of drug-likeness (QED) is 0.688. The summed E-state index contributed by atoms with van der Waals surface area (Å²) in [6.45, 7) is 0. The maximum Gasteiger partial charge on any atom is 0.321 e. The molecule has 1 rings (SSSR count). The second-order valence-corrected chi connectivity index (χ2v) is 4.01. The van der Waals surface area contributed by atoms with E-state index < -0.39 is 17.3 Å². The highest BCUT2D eigenvalue weighted by Crippen LogP contribution is 2.30. The van der Waals surface area contributed by atoms with Crippen LogP contribution in [0.15, 0.2) is 18.2 Å². The maximum absolute atomic E-state index is 10.8. The third kappa shape index (κ3) is 3.28. The first-order chi connectivity index (χ1) is 7.99. The Kier molecular flexibility index (Phi) is 4.65. The molecular weight excluding hydrogens is 242 g/mol. The summed E-state index contributed by atoms with van der Waals surface area (Å²) >= 11 is 4.21. The Morgan fingerprint density at radius 2 is 1.76 bits per heavy atom. The van der Waals surface area contributed by atoms with Gasteiger partial charge in [-0.05, 0) is 17.7 Å². The van der Waals surface area contributed by atoms with Crippen LogP contribution in [0.4, 0.5) is 0 Å². The molecule has 0 aliphatic carbocycles. The van der Waals surface area contributed by atoms with Crippen LogP contribution in [0, 0.1) is 0 Å². The number of methoxy groups -OCH3 is 2. The minimum absolute atomic E-state index is 0.566. The summed E-state index contributed by atoms with van der Waals surface area (Å²) in [6.07, 6.45) is 0. The van der Waals surface area contributed by atoms with Gasteiger partial charge in [-0.3, -0.25) is 4.79 Å². The number of hydrogen-bond acceptors (Lipinski definition) is 5. The monoisotopic (exact) mass is 257 g/mol. The summed E-state index contributed by atoms with van der Waals surface area (Å²) in [7, 11) is 3.03. The molecule has 0 aliphatic rings. The van der Waals surface area contributed by atoms with Gasteiger partial charge in [0.1, 0.15) is 17.5 Å². The second-order valence-electron chi connectivity index (χ2n) is 3.45. The predicted molar refractivity (Wildman–Crippen MR) is 66.9 cm³/mol. The minimum atomic E-state index is -1.10. The molecule has 2 atom stereocenters. The van der Waals surface area contributed by atoms with E-state index in [9.17, 15) is 4.79 Å². The van der Waals surface area contributed by atoms with Gasteiger partial charge in [0.05, 0.1) is 19.5 Å². The van der Waals surface area contributed by atoms with Crippen molar-refractivity contribution in [2.45, 2.75) is 11.3 Å².